The van der Waals surface area contributed by atoms with Crippen molar-refractivity contribution in [1.29, 1.82) is 0 Å². The third-order valence-corrected chi connectivity index (χ3v) is 3.73. The van der Waals surface area contributed by atoms with Gasteiger partial charge in [0.1, 0.15) is 6.10 Å². The van der Waals surface area contributed by atoms with Crippen LogP contribution in [-0.4, -0.2) is 12.9 Å². The van der Waals surface area contributed by atoms with E-state index < -0.39 is 12.5 Å². The van der Waals surface area contributed by atoms with Crippen LogP contribution in [0.3, 0.4) is 0 Å². The normalized spacial score (nSPS) is 13.0. The number of rotatable bonds is 5. The van der Waals surface area contributed by atoms with Gasteiger partial charge in [-0.2, -0.15) is 0 Å². The number of ether oxygens (including phenoxy) is 2. The number of aryl methyl sites for hydroxylation is 1. The van der Waals surface area contributed by atoms with Gasteiger partial charge in [0.15, 0.2) is 11.5 Å². The van der Waals surface area contributed by atoms with Crippen molar-refractivity contribution in [2.24, 2.45) is 5.73 Å². The van der Waals surface area contributed by atoms with Gasteiger partial charge in [-0.1, -0.05) is 12.1 Å². The highest BCUT2D eigenvalue weighted by Gasteiger charge is 2.32. The lowest BCUT2D eigenvalue weighted by Gasteiger charge is -2.19. The van der Waals surface area contributed by atoms with Crippen LogP contribution >= 0.6 is 11.3 Å². The molecule has 2 aromatic rings. The van der Waals surface area contributed by atoms with Gasteiger partial charge in [0.05, 0.1) is 0 Å². The van der Waals surface area contributed by atoms with Gasteiger partial charge in [0.25, 0.3) is 0 Å². The molecule has 0 saturated carbocycles. The van der Waals surface area contributed by atoms with Gasteiger partial charge >= 0.3 is 6.36 Å². The van der Waals surface area contributed by atoms with E-state index >= 15 is 0 Å². The van der Waals surface area contributed by atoms with E-state index in [4.69, 9.17) is 10.5 Å². The fraction of sp³-hybridized carbons (Fsp3) is 0.286. The van der Waals surface area contributed by atoms with Crippen LogP contribution in [0.15, 0.2) is 36.4 Å². The SMILES string of the molecule is Cc1ccc(C(CN)Oc2ccccc2OC(F)(F)F)s1. The Kier molecular flexibility index (Phi) is 4.74. The van der Waals surface area contributed by atoms with Gasteiger partial charge in [-0.3, -0.25) is 0 Å². The summed E-state index contributed by atoms with van der Waals surface area (Å²) in [5.74, 6) is -0.368. The maximum atomic E-state index is 12.4. The van der Waals surface area contributed by atoms with Crippen LogP contribution in [0.5, 0.6) is 11.5 Å². The summed E-state index contributed by atoms with van der Waals surface area (Å²) in [6, 6.07) is 9.40. The molecule has 2 N–H and O–H groups in total. The molecule has 21 heavy (non-hydrogen) atoms. The van der Waals surface area contributed by atoms with Crippen molar-refractivity contribution >= 4 is 11.3 Å². The Bertz CT molecular complexity index is 598. The number of para-hydroxylation sites is 2. The Balaban J connectivity index is 2.21. The standard InChI is InChI=1S/C14H14F3NO2S/c1-9-6-7-13(21-9)12(8-18)19-10-4-2-3-5-11(10)20-14(15,16)17/h2-7,12H,8,18H2,1H3. The summed E-state index contributed by atoms with van der Waals surface area (Å²) in [6.07, 6.45) is -5.28. The molecular formula is C14H14F3NO2S. The molecule has 1 heterocycles. The maximum Gasteiger partial charge on any atom is 0.573 e. The first kappa shape index (κ1) is 15.7. The van der Waals surface area contributed by atoms with Crippen molar-refractivity contribution in [3.05, 3.63) is 46.2 Å². The van der Waals surface area contributed by atoms with Crippen molar-refractivity contribution < 1.29 is 22.6 Å². The molecule has 1 aromatic heterocycles. The van der Waals surface area contributed by atoms with Crippen LogP contribution < -0.4 is 15.2 Å². The lowest BCUT2D eigenvalue weighted by Crippen LogP contribution is -2.20. The van der Waals surface area contributed by atoms with Gasteiger partial charge in [0.2, 0.25) is 0 Å². The highest BCUT2D eigenvalue weighted by molar-refractivity contribution is 7.12. The number of halogens is 3. The first-order valence-electron chi connectivity index (χ1n) is 6.17. The topological polar surface area (TPSA) is 44.5 Å². The van der Waals surface area contributed by atoms with Crippen LogP contribution in [0.1, 0.15) is 15.9 Å². The zero-order valence-electron chi connectivity index (χ0n) is 11.2. The first-order chi connectivity index (χ1) is 9.89. The summed E-state index contributed by atoms with van der Waals surface area (Å²) < 4.78 is 46.7. The maximum absolute atomic E-state index is 12.4. The molecule has 0 fully saturated rings. The highest BCUT2D eigenvalue weighted by atomic mass is 32.1. The molecule has 0 radical (unpaired) electrons. The molecule has 7 heteroatoms. The Morgan fingerprint density at radius 3 is 2.33 bits per heavy atom. The second kappa shape index (κ2) is 6.36. The minimum absolute atomic E-state index is 0.0105. The summed E-state index contributed by atoms with van der Waals surface area (Å²) in [5.41, 5.74) is 5.66. The fourth-order valence-corrected chi connectivity index (χ4v) is 2.68. The Morgan fingerprint density at radius 1 is 1.14 bits per heavy atom. The molecule has 2 rings (SSSR count). The smallest absolute Gasteiger partial charge is 0.480 e. The van der Waals surface area contributed by atoms with Gasteiger partial charge in [-0.05, 0) is 31.2 Å². The Labute approximate surface area is 124 Å². The summed E-state index contributed by atoms with van der Waals surface area (Å²) in [4.78, 5) is 1.93. The molecule has 0 aliphatic rings. The van der Waals surface area contributed by atoms with Gasteiger partial charge in [-0.15, -0.1) is 24.5 Å². The average molecular weight is 317 g/mol. The number of thiophene rings is 1. The monoisotopic (exact) mass is 317 g/mol. The van der Waals surface area contributed by atoms with E-state index in [0.29, 0.717) is 0 Å². The third-order valence-electron chi connectivity index (χ3n) is 2.64. The first-order valence-corrected chi connectivity index (χ1v) is 6.98. The van der Waals surface area contributed by atoms with E-state index in [1.165, 1.54) is 29.5 Å². The molecule has 114 valence electrons. The molecule has 0 amide bonds. The predicted octanol–water partition coefficient (Wildman–Crippen LogP) is 4.03. The van der Waals surface area contributed by atoms with Gasteiger partial charge in [0, 0.05) is 16.3 Å². The zero-order chi connectivity index (χ0) is 15.5. The molecule has 0 aliphatic carbocycles. The van der Waals surface area contributed by atoms with Crippen LogP contribution in [0, 0.1) is 6.92 Å². The summed E-state index contributed by atoms with van der Waals surface area (Å²) in [5, 5.41) is 0. The zero-order valence-corrected chi connectivity index (χ0v) is 12.0. The number of benzene rings is 1. The molecule has 0 saturated heterocycles. The molecule has 0 bridgehead atoms. The second-order valence-corrected chi connectivity index (χ2v) is 5.60. The largest absolute Gasteiger partial charge is 0.573 e. The van der Waals surface area contributed by atoms with E-state index in [1.807, 2.05) is 19.1 Å². The van der Waals surface area contributed by atoms with Crippen molar-refractivity contribution in [1.82, 2.24) is 0 Å². The molecular weight excluding hydrogens is 303 g/mol. The van der Waals surface area contributed by atoms with E-state index in [9.17, 15) is 13.2 Å². The summed E-state index contributed by atoms with van der Waals surface area (Å²) in [6.45, 7) is 2.09. The molecule has 1 aromatic carbocycles. The van der Waals surface area contributed by atoms with Crippen molar-refractivity contribution in [3.63, 3.8) is 0 Å². The average Bonchev–Trinajstić information content (AvgIpc) is 2.82. The third kappa shape index (κ3) is 4.37. The van der Waals surface area contributed by atoms with Crippen LogP contribution in [0.2, 0.25) is 0 Å². The minimum atomic E-state index is -4.77. The molecule has 0 aliphatic heterocycles. The van der Waals surface area contributed by atoms with Gasteiger partial charge in [-0.25, -0.2) is 0 Å². The molecule has 1 unspecified atom stereocenters. The van der Waals surface area contributed by atoms with Crippen LogP contribution in [0.25, 0.3) is 0 Å². The van der Waals surface area contributed by atoms with E-state index in [2.05, 4.69) is 4.74 Å². The highest BCUT2D eigenvalue weighted by Crippen LogP contribution is 2.35. The fourth-order valence-electron chi connectivity index (χ4n) is 1.76. The predicted molar refractivity (Wildman–Crippen MR) is 74.6 cm³/mol. The van der Waals surface area contributed by atoms with Gasteiger partial charge < -0.3 is 15.2 Å². The van der Waals surface area contributed by atoms with Crippen LogP contribution in [0.4, 0.5) is 13.2 Å². The van der Waals surface area contributed by atoms with Crippen molar-refractivity contribution in [2.45, 2.75) is 19.4 Å². The van der Waals surface area contributed by atoms with E-state index in [0.717, 1.165) is 9.75 Å². The lowest BCUT2D eigenvalue weighted by atomic mass is 10.2. The van der Waals surface area contributed by atoms with Crippen LogP contribution in [-0.2, 0) is 0 Å². The summed E-state index contributed by atoms with van der Waals surface area (Å²) in [7, 11) is 0. The Hall–Kier alpha value is -1.73. The number of hydrogen-bond donors (Lipinski definition) is 1. The van der Waals surface area contributed by atoms with E-state index in [-0.39, 0.29) is 18.0 Å². The summed E-state index contributed by atoms with van der Waals surface area (Å²) >= 11 is 1.49. The quantitative estimate of drug-likeness (QED) is 0.905. The van der Waals surface area contributed by atoms with Crippen molar-refractivity contribution in [2.75, 3.05) is 6.54 Å². The minimum Gasteiger partial charge on any atom is -0.480 e. The Morgan fingerprint density at radius 2 is 1.81 bits per heavy atom. The lowest BCUT2D eigenvalue weighted by molar-refractivity contribution is -0.275. The molecule has 1 atom stereocenters. The molecule has 0 spiro atoms. The van der Waals surface area contributed by atoms with E-state index in [1.54, 1.807) is 6.07 Å². The number of nitrogens with two attached hydrogens (primary N) is 1. The molecule has 3 nitrogen and oxygen atoms in total. The number of hydrogen-bond acceptors (Lipinski definition) is 4. The number of alkyl halides is 3. The van der Waals surface area contributed by atoms with Crippen molar-refractivity contribution in [3.8, 4) is 11.5 Å². The second-order valence-electron chi connectivity index (χ2n) is 4.29.